The first-order chi connectivity index (χ1) is 7.65. The van der Waals surface area contributed by atoms with Crippen molar-refractivity contribution in [1.29, 1.82) is 0 Å². The monoisotopic (exact) mass is 225 g/mol. The van der Waals surface area contributed by atoms with Crippen LogP contribution in [0.3, 0.4) is 0 Å². The van der Waals surface area contributed by atoms with Crippen LogP contribution in [0, 0.1) is 0 Å². The number of likely N-dealkylation sites (tertiary alicyclic amines) is 1. The molecule has 1 fully saturated rings. The van der Waals surface area contributed by atoms with Crippen molar-refractivity contribution in [3.8, 4) is 0 Å². The van der Waals surface area contributed by atoms with Crippen LogP contribution in [0.4, 0.5) is 8.78 Å². The van der Waals surface area contributed by atoms with Crippen LogP contribution in [0.1, 0.15) is 24.0 Å². The number of carbonyl (C=O) groups excluding carboxylic acids is 1. The van der Waals surface area contributed by atoms with E-state index in [1.807, 2.05) is 4.90 Å². The lowest BCUT2D eigenvalue weighted by Crippen LogP contribution is -2.19. The minimum absolute atomic E-state index is 0.0428. The number of hydrogen-bond donors (Lipinski definition) is 0. The van der Waals surface area contributed by atoms with Gasteiger partial charge in [0.25, 0.3) is 6.43 Å². The summed E-state index contributed by atoms with van der Waals surface area (Å²) in [6.07, 6.45) is -1.81. The maximum absolute atomic E-state index is 12.3. The van der Waals surface area contributed by atoms with E-state index in [0.717, 1.165) is 12.1 Å². The van der Waals surface area contributed by atoms with Crippen LogP contribution in [0.5, 0.6) is 0 Å². The normalized spacial score (nSPS) is 17.3. The number of Topliss-reactive ketones (excluding diaryl/α,β-unsaturated/α-hetero) is 1. The summed E-state index contributed by atoms with van der Waals surface area (Å²) in [5, 5.41) is 0. The zero-order valence-electron chi connectivity index (χ0n) is 8.83. The first-order valence-corrected chi connectivity index (χ1v) is 5.26. The Morgan fingerprint density at radius 2 is 1.94 bits per heavy atom. The number of ketones is 1. The minimum Gasteiger partial charge on any atom is -0.298 e. The Morgan fingerprint density at radius 3 is 2.44 bits per heavy atom. The molecule has 86 valence electrons. The summed E-state index contributed by atoms with van der Waals surface area (Å²) in [6, 6.07) is 6.28. The second kappa shape index (κ2) is 4.70. The van der Waals surface area contributed by atoms with Crippen LogP contribution in [0.2, 0.25) is 0 Å². The van der Waals surface area contributed by atoms with Crippen LogP contribution in [0.25, 0.3) is 0 Å². The topological polar surface area (TPSA) is 20.3 Å². The van der Waals surface area contributed by atoms with Gasteiger partial charge >= 0.3 is 0 Å². The van der Waals surface area contributed by atoms with E-state index < -0.39 is 6.43 Å². The van der Waals surface area contributed by atoms with Crippen LogP contribution >= 0.6 is 0 Å². The second-order valence-corrected chi connectivity index (χ2v) is 4.04. The van der Waals surface area contributed by atoms with Crippen molar-refractivity contribution in [2.75, 3.05) is 13.1 Å². The fourth-order valence-corrected chi connectivity index (χ4v) is 1.85. The third-order valence-corrected chi connectivity index (χ3v) is 2.74. The average Bonchev–Trinajstić information content (AvgIpc) is 2.65. The van der Waals surface area contributed by atoms with Gasteiger partial charge in [0.1, 0.15) is 5.78 Å². The molecular formula is C12H13F2NO. The maximum atomic E-state index is 12.3. The van der Waals surface area contributed by atoms with Crippen molar-refractivity contribution >= 4 is 5.78 Å². The van der Waals surface area contributed by atoms with Crippen molar-refractivity contribution in [2.24, 2.45) is 0 Å². The third-order valence-electron chi connectivity index (χ3n) is 2.74. The largest absolute Gasteiger partial charge is 0.298 e. The smallest absolute Gasteiger partial charge is 0.263 e. The number of benzene rings is 1. The predicted octanol–water partition coefficient (Wildman–Crippen LogP) is 2.40. The van der Waals surface area contributed by atoms with Gasteiger partial charge in [-0.05, 0) is 5.56 Å². The minimum atomic E-state index is -2.41. The van der Waals surface area contributed by atoms with E-state index in [4.69, 9.17) is 0 Å². The molecule has 1 heterocycles. The molecule has 4 heteroatoms. The lowest BCUT2D eigenvalue weighted by molar-refractivity contribution is -0.116. The van der Waals surface area contributed by atoms with E-state index in [9.17, 15) is 13.6 Å². The maximum Gasteiger partial charge on any atom is 0.263 e. The molecule has 0 saturated carbocycles. The molecule has 16 heavy (non-hydrogen) atoms. The Kier molecular flexibility index (Phi) is 3.29. The van der Waals surface area contributed by atoms with Crippen LogP contribution in [-0.2, 0) is 11.3 Å². The number of rotatable bonds is 3. The summed E-state index contributed by atoms with van der Waals surface area (Å²) in [6.45, 7) is 1.92. The Morgan fingerprint density at radius 1 is 1.25 bits per heavy atom. The van der Waals surface area contributed by atoms with Crippen LogP contribution in [-0.4, -0.2) is 23.8 Å². The summed E-state index contributed by atoms with van der Waals surface area (Å²) in [7, 11) is 0. The molecule has 0 atom stereocenters. The van der Waals surface area contributed by atoms with Crippen molar-refractivity contribution in [1.82, 2.24) is 4.90 Å². The van der Waals surface area contributed by atoms with Crippen molar-refractivity contribution in [2.45, 2.75) is 19.4 Å². The van der Waals surface area contributed by atoms with E-state index in [-0.39, 0.29) is 11.3 Å². The van der Waals surface area contributed by atoms with Gasteiger partial charge in [-0.3, -0.25) is 9.69 Å². The quantitative estimate of drug-likeness (QED) is 0.787. The predicted molar refractivity (Wildman–Crippen MR) is 56.3 cm³/mol. The Labute approximate surface area is 92.9 Å². The van der Waals surface area contributed by atoms with E-state index in [1.54, 1.807) is 12.1 Å². The number of carbonyl (C=O) groups is 1. The van der Waals surface area contributed by atoms with E-state index in [0.29, 0.717) is 19.5 Å². The van der Waals surface area contributed by atoms with Gasteiger partial charge in [-0.15, -0.1) is 0 Å². The molecule has 0 spiro atoms. The Balaban J connectivity index is 1.97. The van der Waals surface area contributed by atoms with Gasteiger partial charge in [0.2, 0.25) is 0 Å². The summed E-state index contributed by atoms with van der Waals surface area (Å²) < 4.78 is 24.6. The number of hydrogen-bond acceptors (Lipinski definition) is 2. The molecule has 0 N–H and O–H groups in total. The first kappa shape index (κ1) is 11.2. The van der Waals surface area contributed by atoms with Crippen LogP contribution in [0.15, 0.2) is 24.3 Å². The van der Waals surface area contributed by atoms with E-state index in [2.05, 4.69) is 0 Å². The SMILES string of the molecule is O=C1CCN(Cc2ccc(C(F)F)cc2)C1. The highest BCUT2D eigenvalue weighted by Gasteiger charge is 2.19. The second-order valence-electron chi connectivity index (χ2n) is 4.04. The highest BCUT2D eigenvalue weighted by molar-refractivity contribution is 5.82. The molecule has 0 amide bonds. The summed E-state index contributed by atoms with van der Waals surface area (Å²) in [4.78, 5) is 13.1. The molecule has 1 aromatic rings. The molecule has 2 nitrogen and oxygen atoms in total. The number of nitrogens with zero attached hydrogens (tertiary/aromatic N) is 1. The number of alkyl halides is 2. The molecule has 1 saturated heterocycles. The number of halogens is 2. The highest BCUT2D eigenvalue weighted by Crippen LogP contribution is 2.19. The fourth-order valence-electron chi connectivity index (χ4n) is 1.85. The van der Waals surface area contributed by atoms with Gasteiger partial charge in [0.05, 0.1) is 6.54 Å². The van der Waals surface area contributed by atoms with E-state index in [1.165, 1.54) is 12.1 Å². The van der Waals surface area contributed by atoms with Crippen LogP contribution < -0.4 is 0 Å². The Hall–Kier alpha value is -1.29. The molecular weight excluding hydrogens is 212 g/mol. The lowest BCUT2D eigenvalue weighted by atomic mass is 10.1. The first-order valence-electron chi connectivity index (χ1n) is 5.26. The molecule has 0 bridgehead atoms. The zero-order valence-corrected chi connectivity index (χ0v) is 8.83. The van der Waals surface area contributed by atoms with Crippen molar-refractivity contribution in [3.63, 3.8) is 0 Å². The zero-order chi connectivity index (χ0) is 11.5. The summed E-state index contributed by atoms with van der Waals surface area (Å²) >= 11 is 0. The molecule has 1 aromatic carbocycles. The van der Waals surface area contributed by atoms with E-state index >= 15 is 0 Å². The molecule has 0 unspecified atom stereocenters. The van der Waals surface area contributed by atoms with Gasteiger partial charge < -0.3 is 0 Å². The lowest BCUT2D eigenvalue weighted by Gasteiger charge is -2.13. The van der Waals surface area contributed by atoms with Gasteiger partial charge in [-0.25, -0.2) is 8.78 Å². The molecule has 0 radical (unpaired) electrons. The third kappa shape index (κ3) is 2.64. The molecule has 1 aliphatic rings. The Bertz CT molecular complexity index is 375. The van der Waals surface area contributed by atoms with Gasteiger partial charge in [-0.2, -0.15) is 0 Å². The summed E-state index contributed by atoms with van der Waals surface area (Å²) in [5.41, 5.74) is 1.01. The molecule has 2 rings (SSSR count). The van der Waals surface area contributed by atoms with Gasteiger partial charge in [0, 0.05) is 25.1 Å². The molecule has 0 aromatic heterocycles. The van der Waals surface area contributed by atoms with Crippen molar-refractivity contribution in [3.05, 3.63) is 35.4 Å². The molecule has 0 aliphatic carbocycles. The van der Waals surface area contributed by atoms with Crippen molar-refractivity contribution < 1.29 is 13.6 Å². The fraction of sp³-hybridized carbons (Fsp3) is 0.417. The van der Waals surface area contributed by atoms with Gasteiger partial charge in [0.15, 0.2) is 0 Å². The van der Waals surface area contributed by atoms with Gasteiger partial charge in [-0.1, -0.05) is 24.3 Å². The highest BCUT2D eigenvalue weighted by atomic mass is 19.3. The summed E-state index contributed by atoms with van der Waals surface area (Å²) in [5.74, 6) is 0.254. The standard InChI is InChI=1S/C12H13F2NO/c13-12(14)10-3-1-9(2-4-10)7-15-6-5-11(16)8-15/h1-4,12H,5-8H2. The molecule has 1 aliphatic heterocycles. The average molecular weight is 225 g/mol.